The topological polar surface area (TPSA) is 49.8 Å². The van der Waals surface area contributed by atoms with Crippen LogP contribution in [-0.2, 0) is 4.74 Å². The largest absolute Gasteiger partial charge is 0.501 e. The molecule has 0 bridgehead atoms. The lowest BCUT2D eigenvalue weighted by Crippen LogP contribution is -2.26. The molecule has 4 nitrogen and oxygen atoms in total. The van der Waals surface area contributed by atoms with Crippen molar-refractivity contribution in [3.63, 3.8) is 0 Å². The van der Waals surface area contributed by atoms with E-state index < -0.39 is 6.09 Å². The van der Waals surface area contributed by atoms with E-state index in [1.165, 1.54) is 4.90 Å². The van der Waals surface area contributed by atoms with Gasteiger partial charge in [0, 0.05) is 13.6 Å². The fourth-order valence-electron chi connectivity index (χ4n) is 0.713. The predicted molar refractivity (Wildman–Crippen MR) is 50.7 cm³/mol. The molecular weight excluding hydrogens is 170 g/mol. The number of carbonyl (C=O) groups is 1. The predicted octanol–water partition coefficient (Wildman–Crippen LogP) is 1.93. The summed E-state index contributed by atoms with van der Waals surface area (Å²) in [5.41, 5.74) is 0. The third-order valence-corrected chi connectivity index (χ3v) is 1.51. The molecule has 0 aromatic rings. The molecule has 0 saturated heterocycles. The van der Waals surface area contributed by atoms with Crippen LogP contribution in [0.5, 0.6) is 0 Å². The normalized spacial score (nSPS) is 10.3. The van der Waals surface area contributed by atoms with Crippen LogP contribution in [0.3, 0.4) is 0 Å². The summed E-state index contributed by atoms with van der Waals surface area (Å²) in [6, 6.07) is 0. The zero-order chi connectivity index (χ0) is 10.1. The minimum absolute atomic E-state index is 0.509. The number of ether oxygens (including phenoxy) is 1. The van der Waals surface area contributed by atoms with Gasteiger partial charge in [-0.05, 0) is 12.8 Å². The van der Waals surface area contributed by atoms with Crippen molar-refractivity contribution in [2.45, 2.75) is 19.8 Å². The molecule has 0 spiro atoms. The molecule has 0 aliphatic carbocycles. The molecule has 0 saturated carbocycles. The number of allylic oxidation sites excluding steroid dienone is 1. The molecule has 0 fully saturated rings. The van der Waals surface area contributed by atoms with Gasteiger partial charge in [-0.1, -0.05) is 13.0 Å². The second-order valence-electron chi connectivity index (χ2n) is 2.71. The van der Waals surface area contributed by atoms with Crippen molar-refractivity contribution in [3.8, 4) is 0 Å². The Labute approximate surface area is 78.8 Å². The summed E-state index contributed by atoms with van der Waals surface area (Å²) >= 11 is 0. The second kappa shape index (κ2) is 7.46. The van der Waals surface area contributed by atoms with Gasteiger partial charge in [-0.2, -0.15) is 0 Å². The van der Waals surface area contributed by atoms with E-state index in [2.05, 4.69) is 0 Å². The molecule has 0 radical (unpaired) electrons. The van der Waals surface area contributed by atoms with Crippen LogP contribution >= 0.6 is 0 Å². The fraction of sp³-hybridized carbons (Fsp3) is 0.667. The van der Waals surface area contributed by atoms with Crippen LogP contribution in [0.15, 0.2) is 12.3 Å². The first-order valence-electron chi connectivity index (χ1n) is 4.39. The third kappa shape index (κ3) is 7.18. The molecular formula is C9H17NO3. The van der Waals surface area contributed by atoms with Crippen molar-refractivity contribution in [3.05, 3.63) is 12.3 Å². The Morgan fingerprint density at radius 3 is 2.85 bits per heavy atom. The van der Waals surface area contributed by atoms with E-state index in [0.29, 0.717) is 13.2 Å². The number of amides is 1. The summed E-state index contributed by atoms with van der Waals surface area (Å²) in [6.07, 6.45) is 4.34. The van der Waals surface area contributed by atoms with Gasteiger partial charge in [0.05, 0.1) is 12.9 Å². The molecule has 0 aromatic heterocycles. The van der Waals surface area contributed by atoms with Crippen molar-refractivity contribution < 1.29 is 14.6 Å². The first-order valence-corrected chi connectivity index (χ1v) is 4.39. The minimum Gasteiger partial charge on any atom is -0.501 e. The van der Waals surface area contributed by atoms with E-state index in [-0.39, 0.29) is 0 Å². The summed E-state index contributed by atoms with van der Waals surface area (Å²) in [6.45, 7) is 3.10. The lowest BCUT2D eigenvalue weighted by molar-refractivity contribution is 0.150. The van der Waals surface area contributed by atoms with Gasteiger partial charge in [-0.25, -0.2) is 4.79 Å². The molecule has 0 rings (SSSR count). The SMILES string of the molecule is CC/C=C/OCCCN(C)C(=O)O. The number of hydrogen-bond donors (Lipinski definition) is 1. The van der Waals surface area contributed by atoms with Gasteiger partial charge in [0.25, 0.3) is 0 Å². The van der Waals surface area contributed by atoms with E-state index in [1.807, 2.05) is 13.0 Å². The maximum atomic E-state index is 10.3. The molecule has 76 valence electrons. The van der Waals surface area contributed by atoms with Gasteiger partial charge >= 0.3 is 6.09 Å². The van der Waals surface area contributed by atoms with E-state index in [4.69, 9.17) is 9.84 Å². The summed E-state index contributed by atoms with van der Waals surface area (Å²) in [4.78, 5) is 11.6. The molecule has 0 aliphatic heterocycles. The van der Waals surface area contributed by atoms with Crippen molar-refractivity contribution in [2.75, 3.05) is 20.2 Å². The van der Waals surface area contributed by atoms with Crippen molar-refractivity contribution in [2.24, 2.45) is 0 Å². The van der Waals surface area contributed by atoms with Gasteiger partial charge in [0.1, 0.15) is 0 Å². The number of rotatable bonds is 6. The van der Waals surface area contributed by atoms with Gasteiger partial charge < -0.3 is 14.7 Å². The third-order valence-electron chi connectivity index (χ3n) is 1.51. The average molecular weight is 187 g/mol. The lowest BCUT2D eigenvalue weighted by Gasteiger charge is -2.11. The molecule has 1 N–H and O–H groups in total. The smallest absolute Gasteiger partial charge is 0.407 e. The van der Waals surface area contributed by atoms with Crippen LogP contribution in [0, 0.1) is 0 Å². The van der Waals surface area contributed by atoms with Crippen molar-refractivity contribution in [1.29, 1.82) is 0 Å². The summed E-state index contributed by atoms with van der Waals surface area (Å²) < 4.78 is 5.10. The highest BCUT2D eigenvalue weighted by Gasteiger charge is 2.02. The molecule has 13 heavy (non-hydrogen) atoms. The van der Waals surface area contributed by atoms with Crippen molar-refractivity contribution >= 4 is 6.09 Å². The highest BCUT2D eigenvalue weighted by molar-refractivity contribution is 5.64. The summed E-state index contributed by atoms with van der Waals surface area (Å²) in [7, 11) is 1.55. The quantitative estimate of drug-likeness (QED) is 0.510. The van der Waals surface area contributed by atoms with Crippen molar-refractivity contribution in [1.82, 2.24) is 4.90 Å². The Balaban J connectivity index is 3.25. The van der Waals surface area contributed by atoms with Crippen LogP contribution in [0.1, 0.15) is 19.8 Å². The van der Waals surface area contributed by atoms with E-state index in [9.17, 15) is 4.79 Å². The maximum absolute atomic E-state index is 10.3. The molecule has 0 aromatic carbocycles. The monoisotopic (exact) mass is 187 g/mol. The average Bonchev–Trinajstić information content (AvgIpc) is 2.10. The highest BCUT2D eigenvalue weighted by Crippen LogP contribution is 1.90. The first kappa shape index (κ1) is 11.8. The molecule has 0 atom stereocenters. The highest BCUT2D eigenvalue weighted by atomic mass is 16.5. The summed E-state index contributed by atoms with van der Waals surface area (Å²) in [5.74, 6) is 0. The molecule has 0 unspecified atom stereocenters. The van der Waals surface area contributed by atoms with E-state index in [0.717, 1.165) is 12.8 Å². The molecule has 4 heteroatoms. The van der Waals surface area contributed by atoms with E-state index in [1.54, 1.807) is 13.3 Å². The maximum Gasteiger partial charge on any atom is 0.407 e. The number of hydrogen-bond acceptors (Lipinski definition) is 2. The Bertz CT molecular complexity index is 168. The van der Waals surface area contributed by atoms with Gasteiger partial charge in [0.2, 0.25) is 0 Å². The zero-order valence-electron chi connectivity index (χ0n) is 8.19. The second-order valence-corrected chi connectivity index (χ2v) is 2.71. The van der Waals surface area contributed by atoms with Crippen LogP contribution in [0.25, 0.3) is 0 Å². The van der Waals surface area contributed by atoms with E-state index >= 15 is 0 Å². The standard InChI is InChI=1S/C9H17NO3/c1-3-4-7-13-8-5-6-10(2)9(11)12/h4,7H,3,5-6,8H2,1-2H3,(H,11,12)/b7-4+. The number of nitrogens with zero attached hydrogens (tertiary/aromatic N) is 1. The molecule has 0 aliphatic rings. The van der Waals surface area contributed by atoms with Crippen LogP contribution in [0.4, 0.5) is 4.79 Å². The summed E-state index contributed by atoms with van der Waals surface area (Å²) in [5, 5.41) is 8.49. The Morgan fingerprint density at radius 2 is 2.31 bits per heavy atom. The van der Waals surface area contributed by atoms with Gasteiger partial charge in [-0.15, -0.1) is 0 Å². The Hall–Kier alpha value is -1.19. The number of carboxylic acid groups (broad SMARTS) is 1. The van der Waals surface area contributed by atoms with Crippen LogP contribution in [-0.4, -0.2) is 36.3 Å². The van der Waals surface area contributed by atoms with Gasteiger partial charge in [0.15, 0.2) is 0 Å². The molecule has 1 amide bonds. The minimum atomic E-state index is -0.899. The Morgan fingerprint density at radius 1 is 1.62 bits per heavy atom. The van der Waals surface area contributed by atoms with Gasteiger partial charge in [-0.3, -0.25) is 0 Å². The zero-order valence-corrected chi connectivity index (χ0v) is 8.19. The van der Waals surface area contributed by atoms with Crippen LogP contribution < -0.4 is 0 Å². The van der Waals surface area contributed by atoms with Crippen LogP contribution in [0.2, 0.25) is 0 Å². The first-order chi connectivity index (χ1) is 6.18. The molecule has 0 heterocycles. The fourth-order valence-corrected chi connectivity index (χ4v) is 0.713. The Kier molecular flexibility index (Phi) is 6.78. The lowest BCUT2D eigenvalue weighted by atomic mass is 10.4.